The molecule has 1 aromatic heterocycles. The molecule has 0 fully saturated rings. The topological polar surface area (TPSA) is 55.1 Å². The maximum absolute atomic E-state index is 12.6. The van der Waals surface area contributed by atoms with Gasteiger partial charge in [0.05, 0.1) is 11.7 Å². The van der Waals surface area contributed by atoms with Gasteiger partial charge >= 0.3 is 0 Å². The highest BCUT2D eigenvalue weighted by atomic mass is 16.4. The summed E-state index contributed by atoms with van der Waals surface area (Å²) < 4.78 is 5.69. The Morgan fingerprint density at radius 1 is 1.39 bits per heavy atom. The lowest BCUT2D eigenvalue weighted by Gasteiger charge is -2.26. The molecule has 0 radical (unpaired) electrons. The molecule has 1 aliphatic carbocycles. The van der Waals surface area contributed by atoms with Crippen LogP contribution in [0.25, 0.3) is 0 Å². The van der Waals surface area contributed by atoms with Gasteiger partial charge in [-0.2, -0.15) is 0 Å². The van der Waals surface area contributed by atoms with Crippen molar-refractivity contribution in [1.82, 2.24) is 10.3 Å². The van der Waals surface area contributed by atoms with Crippen LogP contribution < -0.4 is 5.32 Å². The van der Waals surface area contributed by atoms with Gasteiger partial charge in [0.25, 0.3) is 5.91 Å². The van der Waals surface area contributed by atoms with Crippen molar-refractivity contribution < 1.29 is 9.21 Å². The van der Waals surface area contributed by atoms with Gasteiger partial charge in [-0.05, 0) is 43.2 Å². The van der Waals surface area contributed by atoms with Gasteiger partial charge in [-0.1, -0.05) is 38.1 Å². The van der Waals surface area contributed by atoms with E-state index in [-0.39, 0.29) is 11.9 Å². The molecule has 4 nitrogen and oxygen atoms in total. The SMILES string of the molecule is Cc1nc(CC(C)C)oc1C(=O)N[C@@H]1CCCc2ccccc21. The number of nitrogens with one attached hydrogen (secondary N) is 1. The van der Waals surface area contributed by atoms with Gasteiger partial charge in [-0.3, -0.25) is 4.79 Å². The van der Waals surface area contributed by atoms with Crippen LogP contribution in [0.3, 0.4) is 0 Å². The summed E-state index contributed by atoms with van der Waals surface area (Å²) in [5.41, 5.74) is 3.23. The van der Waals surface area contributed by atoms with Crippen molar-refractivity contribution in [3.63, 3.8) is 0 Å². The fraction of sp³-hybridized carbons (Fsp3) is 0.474. The second kappa shape index (κ2) is 6.57. The van der Waals surface area contributed by atoms with Gasteiger partial charge in [0.15, 0.2) is 5.89 Å². The first-order valence-corrected chi connectivity index (χ1v) is 8.39. The predicted octanol–water partition coefficient (Wildman–Crippen LogP) is 3.99. The third-order valence-electron chi connectivity index (χ3n) is 4.30. The zero-order valence-electron chi connectivity index (χ0n) is 14.1. The largest absolute Gasteiger partial charge is 0.435 e. The number of aromatic nitrogens is 1. The number of carbonyl (C=O) groups is 1. The molecule has 0 unspecified atom stereocenters. The van der Waals surface area contributed by atoms with E-state index in [9.17, 15) is 4.79 Å². The standard InChI is InChI=1S/C19H24N2O2/c1-12(2)11-17-20-13(3)18(23-17)19(22)21-16-10-6-8-14-7-4-5-9-15(14)16/h4-5,7,9,12,16H,6,8,10-11H2,1-3H3,(H,21,22)/t16-/m1/s1. The highest BCUT2D eigenvalue weighted by Gasteiger charge is 2.25. The summed E-state index contributed by atoms with van der Waals surface area (Å²) in [7, 11) is 0. The molecule has 2 aromatic rings. The van der Waals surface area contributed by atoms with Gasteiger partial charge in [0, 0.05) is 6.42 Å². The number of benzene rings is 1. The molecule has 0 aliphatic heterocycles. The van der Waals surface area contributed by atoms with Crippen molar-refractivity contribution in [2.24, 2.45) is 5.92 Å². The van der Waals surface area contributed by atoms with Crippen LogP contribution in [0.2, 0.25) is 0 Å². The maximum atomic E-state index is 12.6. The number of oxazole rings is 1. The molecule has 0 bridgehead atoms. The van der Waals surface area contributed by atoms with E-state index in [1.165, 1.54) is 11.1 Å². The molecule has 0 saturated heterocycles. The van der Waals surface area contributed by atoms with E-state index in [2.05, 4.69) is 42.3 Å². The van der Waals surface area contributed by atoms with Gasteiger partial charge < -0.3 is 9.73 Å². The molecule has 1 N–H and O–H groups in total. The summed E-state index contributed by atoms with van der Waals surface area (Å²) in [6, 6.07) is 8.40. The average molecular weight is 312 g/mol. The van der Waals surface area contributed by atoms with Crippen molar-refractivity contribution in [2.45, 2.75) is 52.5 Å². The molecule has 1 aliphatic rings. The Morgan fingerprint density at radius 2 is 2.17 bits per heavy atom. The van der Waals surface area contributed by atoms with Crippen LogP contribution in [0.5, 0.6) is 0 Å². The van der Waals surface area contributed by atoms with Gasteiger partial charge in [0.2, 0.25) is 5.76 Å². The zero-order chi connectivity index (χ0) is 16.4. The van der Waals surface area contributed by atoms with Crippen LogP contribution >= 0.6 is 0 Å². The van der Waals surface area contributed by atoms with Crippen LogP contribution in [-0.4, -0.2) is 10.9 Å². The van der Waals surface area contributed by atoms with Crippen LogP contribution in [0, 0.1) is 12.8 Å². The van der Waals surface area contributed by atoms with E-state index in [1.807, 2.05) is 13.0 Å². The molecule has 1 aromatic carbocycles. The number of nitrogens with zero attached hydrogens (tertiary/aromatic N) is 1. The lowest BCUT2D eigenvalue weighted by Crippen LogP contribution is -2.31. The number of aryl methyl sites for hydroxylation is 2. The smallest absolute Gasteiger partial charge is 0.289 e. The lowest BCUT2D eigenvalue weighted by atomic mass is 9.87. The summed E-state index contributed by atoms with van der Waals surface area (Å²) in [5, 5.41) is 3.13. The Hall–Kier alpha value is -2.10. The monoisotopic (exact) mass is 312 g/mol. The number of rotatable bonds is 4. The van der Waals surface area contributed by atoms with Crippen molar-refractivity contribution in [3.05, 3.63) is 52.7 Å². The molecule has 0 saturated carbocycles. The van der Waals surface area contributed by atoms with Crippen molar-refractivity contribution in [2.75, 3.05) is 0 Å². The highest BCUT2D eigenvalue weighted by Crippen LogP contribution is 2.29. The minimum Gasteiger partial charge on any atom is -0.435 e. The summed E-state index contributed by atoms with van der Waals surface area (Å²) in [6.07, 6.45) is 3.90. The first-order chi connectivity index (χ1) is 11.0. The first kappa shape index (κ1) is 15.8. The van der Waals surface area contributed by atoms with Gasteiger partial charge in [0.1, 0.15) is 0 Å². The Labute approximate surface area is 137 Å². The third-order valence-corrected chi connectivity index (χ3v) is 4.30. The molecule has 23 heavy (non-hydrogen) atoms. The van der Waals surface area contributed by atoms with E-state index in [4.69, 9.17) is 4.42 Å². The van der Waals surface area contributed by atoms with E-state index in [0.29, 0.717) is 23.3 Å². The lowest BCUT2D eigenvalue weighted by molar-refractivity contribution is 0.0901. The second-order valence-electron chi connectivity index (χ2n) is 6.74. The van der Waals surface area contributed by atoms with Crippen molar-refractivity contribution >= 4 is 5.91 Å². The Morgan fingerprint density at radius 3 is 2.96 bits per heavy atom. The number of hydrogen-bond acceptors (Lipinski definition) is 3. The van der Waals surface area contributed by atoms with E-state index < -0.39 is 0 Å². The van der Waals surface area contributed by atoms with Gasteiger partial charge in [-0.15, -0.1) is 0 Å². The fourth-order valence-electron chi connectivity index (χ4n) is 3.23. The average Bonchev–Trinajstić information content (AvgIpc) is 2.87. The summed E-state index contributed by atoms with van der Waals surface area (Å²) in [4.78, 5) is 17.0. The van der Waals surface area contributed by atoms with Crippen molar-refractivity contribution in [1.29, 1.82) is 0 Å². The fourth-order valence-corrected chi connectivity index (χ4v) is 3.23. The van der Waals surface area contributed by atoms with Gasteiger partial charge in [-0.25, -0.2) is 4.98 Å². The van der Waals surface area contributed by atoms with E-state index in [0.717, 1.165) is 25.7 Å². The maximum Gasteiger partial charge on any atom is 0.289 e. The molecule has 1 amide bonds. The molecule has 4 heteroatoms. The van der Waals surface area contributed by atoms with Crippen LogP contribution in [0.1, 0.15) is 66.0 Å². The quantitative estimate of drug-likeness (QED) is 0.928. The molecule has 3 rings (SSSR count). The Bertz CT molecular complexity index is 703. The molecular formula is C19H24N2O2. The van der Waals surface area contributed by atoms with Crippen molar-refractivity contribution in [3.8, 4) is 0 Å². The minimum atomic E-state index is -0.160. The third kappa shape index (κ3) is 3.46. The van der Waals surface area contributed by atoms with Crippen LogP contribution in [0.4, 0.5) is 0 Å². The van der Waals surface area contributed by atoms with E-state index in [1.54, 1.807) is 0 Å². The molecule has 1 atom stereocenters. The number of amides is 1. The van der Waals surface area contributed by atoms with E-state index >= 15 is 0 Å². The zero-order valence-corrected chi connectivity index (χ0v) is 14.1. The summed E-state index contributed by atoms with van der Waals surface area (Å²) >= 11 is 0. The number of fused-ring (bicyclic) bond motifs is 1. The second-order valence-corrected chi connectivity index (χ2v) is 6.74. The molecular weight excluding hydrogens is 288 g/mol. The molecule has 122 valence electrons. The first-order valence-electron chi connectivity index (χ1n) is 8.39. The molecule has 0 spiro atoms. The minimum absolute atomic E-state index is 0.0606. The van der Waals surface area contributed by atoms with Crippen LogP contribution in [-0.2, 0) is 12.8 Å². The highest BCUT2D eigenvalue weighted by molar-refractivity contribution is 5.92. The number of carbonyl (C=O) groups excluding carboxylic acids is 1. The van der Waals surface area contributed by atoms with Crippen LogP contribution in [0.15, 0.2) is 28.7 Å². The Balaban J connectivity index is 1.77. The predicted molar refractivity (Wildman–Crippen MR) is 89.4 cm³/mol. The normalized spacial score (nSPS) is 17.1. The molecule has 1 heterocycles. The summed E-state index contributed by atoms with van der Waals surface area (Å²) in [5.74, 6) is 1.29. The Kier molecular flexibility index (Phi) is 4.51. The summed E-state index contributed by atoms with van der Waals surface area (Å²) in [6.45, 7) is 6.05. The number of hydrogen-bond donors (Lipinski definition) is 1.